The first-order valence-electron chi connectivity index (χ1n) is 2.00. The van der Waals surface area contributed by atoms with Gasteiger partial charge in [-0.15, -0.1) is 0 Å². The van der Waals surface area contributed by atoms with Gasteiger partial charge in [0.2, 0.25) is 0 Å². The van der Waals surface area contributed by atoms with Gasteiger partial charge in [0.15, 0.2) is 0 Å². The van der Waals surface area contributed by atoms with Crippen molar-refractivity contribution in [2.24, 2.45) is 0 Å². The van der Waals surface area contributed by atoms with Crippen LogP contribution in [0.5, 0.6) is 0 Å². The summed E-state index contributed by atoms with van der Waals surface area (Å²) in [4.78, 5) is 0. The molecule has 0 aliphatic rings. The molecule has 0 heterocycles. The quantitative estimate of drug-likeness (QED) is 0.207. The molecular weight excluding hydrogens is 839 g/mol. The van der Waals surface area contributed by atoms with Crippen molar-refractivity contribution in [1.82, 2.24) is 0 Å². The van der Waals surface area contributed by atoms with Crippen molar-refractivity contribution in [1.29, 1.82) is 0 Å². The van der Waals surface area contributed by atoms with Gasteiger partial charge in [0.1, 0.15) is 0 Å². The van der Waals surface area contributed by atoms with Gasteiger partial charge in [-0.2, -0.15) is 0 Å². The Morgan fingerprint density at radius 1 is 0.438 bits per heavy atom. The molecule has 0 amide bonds. The second-order valence-corrected chi connectivity index (χ2v) is 10.0. The first-order chi connectivity index (χ1) is 6.00. The normalized spacial score (nSPS) is 10.9. The van der Waals surface area contributed by atoms with Crippen molar-refractivity contribution < 1.29 is 114 Å². The molecule has 0 saturated heterocycles. The van der Waals surface area contributed by atoms with E-state index in [0.717, 1.165) is 0 Å². The molecule has 0 aliphatic carbocycles. The van der Waals surface area contributed by atoms with Crippen LogP contribution in [0.15, 0.2) is 0 Å². The number of hydrogen-bond acceptors (Lipinski definition) is 12. The third kappa shape index (κ3) is 1820. The first kappa shape index (κ1) is 26.0. The summed E-state index contributed by atoms with van der Waals surface area (Å²) in [5.74, 6) is 0. The minimum atomic E-state index is -6.17. The average Bonchev–Trinajstić information content (AvgIpc) is 1.41. The van der Waals surface area contributed by atoms with Gasteiger partial charge < -0.3 is 0 Å². The SMILES string of the molecule is [Mo].[O]=[W](=[O])([O-])[O-].[O]=[W](=[O])([O-])[O-].[O]=[W](=[O])([O-])[O-]. The van der Waals surface area contributed by atoms with Gasteiger partial charge in [-0.05, 0) is 0 Å². The summed E-state index contributed by atoms with van der Waals surface area (Å²) in [5, 5.41) is 0. The standard InChI is InChI=1S/Mo.12O.3W/q;;;;;;;6*-1;;;. The third-order valence-electron chi connectivity index (χ3n) is 0. The molecule has 0 bridgehead atoms. The van der Waals surface area contributed by atoms with Crippen molar-refractivity contribution in [3.05, 3.63) is 0 Å². The monoisotopic (exact) mass is 842 g/mol. The first-order valence-corrected chi connectivity index (χ1v) is 16.4. The topological polar surface area (TPSA) is 241 Å². The van der Waals surface area contributed by atoms with E-state index in [4.69, 9.17) is 42.9 Å². The molecule has 0 spiro atoms. The van der Waals surface area contributed by atoms with Gasteiger partial charge in [0.25, 0.3) is 0 Å². The fraction of sp³-hybridized carbons (Fsp3) is 0. The molecule has 16 heavy (non-hydrogen) atoms. The van der Waals surface area contributed by atoms with E-state index in [1.807, 2.05) is 0 Å². The van der Waals surface area contributed by atoms with E-state index in [1.165, 1.54) is 0 Å². The molecule has 0 unspecified atom stereocenters. The van der Waals surface area contributed by atoms with E-state index in [0.29, 0.717) is 0 Å². The van der Waals surface area contributed by atoms with E-state index in [9.17, 15) is 0 Å². The zero-order chi connectivity index (χ0) is 13.5. The Bertz CT molecular complexity index is 337. The van der Waals surface area contributed by atoms with E-state index in [1.54, 1.807) is 0 Å². The maximum atomic E-state index is 8.65. The van der Waals surface area contributed by atoms with Gasteiger partial charge in [-0.1, -0.05) is 0 Å². The van der Waals surface area contributed by atoms with E-state index >= 15 is 0 Å². The van der Waals surface area contributed by atoms with Gasteiger partial charge in [0, 0.05) is 21.1 Å². The predicted molar refractivity (Wildman–Crippen MR) is 4.12 cm³/mol. The summed E-state index contributed by atoms with van der Waals surface area (Å²) in [6.45, 7) is 0. The van der Waals surface area contributed by atoms with Crippen LogP contribution in [0.4, 0.5) is 0 Å². The molecule has 0 N–H and O–H groups in total. The van der Waals surface area contributed by atoms with Crippen molar-refractivity contribution >= 4 is 0 Å². The van der Waals surface area contributed by atoms with Crippen molar-refractivity contribution in [2.45, 2.75) is 0 Å². The molecule has 0 aromatic heterocycles. The Hall–Kier alpha value is 1.31. The summed E-state index contributed by atoms with van der Waals surface area (Å²) in [6.07, 6.45) is 0. The van der Waals surface area contributed by atoms with Crippen LogP contribution >= 0.6 is 0 Å². The summed E-state index contributed by atoms with van der Waals surface area (Å²) in [7, 11) is 0. The van der Waals surface area contributed by atoms with Crippen LogP contribution in [-0.2, 0) is 91.7 Å². The van der Waals surface area contributed by atoms with Crippen LogP contribution in [0.25, 0.3) is 0 Å². The minimum absolute atomic E-state index is 0. The Morgan fingerprint density at radius 2 is 0.438 bits per heavy atom. The molecule has 16 heteroatoms. The van der Waals surface area contributed by atoms with Crippen molar-refractivity contribution in [2.75, 3.05) is 0 Å². The van der Waals surface area contributed by atoms with Crippen LogP contribution in [0.2, 0.25) is 0 Å². The summed E-state index contributed by atoms with van der Waals surface area (Å²) < 4.78 is 104. The molecule has 0 radical (unpaired) electrons. The Labute approximate surface area is 113 Å². The Morgan fingerprint density at radius 3 is 0.438 bits per heavy atom. The van der Waals surface area contributed by atoms with E-state index in [-0.39, 0.29) is 21.1 Å². The number of hydrogen-bond donors (Lipinski definition) is 0. The van der Waals surface area contributed by atoms with Crippen LogP contribution in [0.1, 0.15) is 0 Å². The zero-order valence-corrected chi connectivity index (χ0v) is 17.3. The van der Waals surface area contributed by atoms with Gasteiger partial charge >= 0.3 is 93.2 Å². The average molecular weight is 839 g/mol. The van der Waals surface area contributed by atoms with Gasteiger partial charge in [0.05, 0.1) is 0 Å². The van der Waals surface area contributed by atoms with Crippen molar-refractivity contribution in [3.63, 3.8) is 0 Å². The molecule has 102 valence electrons. The Kier molecular flexibility index (Phi) is 16.7. The zero-order valence-electron chi connectivity index (χ0n) is 6.53. The molecule has 0 saturated carbocycles. The van der Waals surface area contributed by atoms with Crippen LogP contribution in [0.3, 0.4) is 0 Å². The molecule has 0 aromatic carbocycles. The molecule has 0 aliphatic heterocycles. The fourth-order valence-corrected chi connectivity index (χ4v) is 0. The second kappa shape index (κ2) is 10.3. The summed E-state index contributed by atoms with van der Waals surface area (Å²) in [6, 6.07) is 0. The molecule has 0 aromatic rings. The molecule has 0 fully saturated rings. The van der Waals surface area contributed by atoms with Crippen molar-refractivity contribution in [3.8, 4) is 0 Å². The fourth-order valence-electron chi connectivity index (χ4n) is 0. The molecule has 0 rings (SSSR count). The Balaban J connectivity index is -0.0000000655. The number of rotatable bonds is 0. The molecular formula is MoO12W3-6. The summed E-state index contributed by atoms with van der Waals surface area (Å²) in [5.41, 5.74) is 0. The van der Waals surface area contributed by atoms with E-state index < -0.39 is 50.2 Å². The van der Waals surface area contributed by atoms with E-state index in [2.05, 4.69) is 0 Å². The predicted octanol–water partition coefficient (Wildman–Crippen LogP) is -7.86. The molecule has 12 nitrogen and oxygen atoms in total. The summed E-state index contributed by atoms with van der Waals surface area (Å²) >= 11 is -18.5. The van der Waals surface area contributed by atoms with Crippen LogP contribution in [-0.4, -0.2) is 0 Å². The molecule has 0 atom stereocenters. The van der Waals surface area contributed by atoms with Crippen LogP contribution < -0.4 is 22.6 Å². The second-order valence-electron chi connectivity index (χ2n) is 1.22. The van der Waals surface area contributed by atoms with Gasteiger partial charge in [-0.25, -0.2) is 0 Å². The van der Waals surface area contributed by atoms with Gasteiger partial charge in [-0.3, -0.25) is 0 Å². The third-order valence-corrected chi connectivity index (χ3v) is 0. The van der Waals surface area contributed by atoms with Crippen LogP contribution in [0, 0.1) is 0 Å². The maximum absolute atomic E-state index is 8.65.